The Kier molecular flexibility index (Phi) is 5.43. The van der Waals surface area contributed by atoms with E-state index in [1.165, 1.54) is 36.4 Å². The number of rotatable bonds is 5. The van der Waals surface area contributed by atoms with Crippen molar-refractivity contribution in [3.8, 4) is 0 Å². The molecule has 3 aromatic rings. The predicted molar refractivity (Wildman–Crippen MR) is 103 cm³/mol. The largest absolute Gasteiger partial charge is 0.322 e. The molecule has 27 heavy (non-hydrogen) atoms. The minimum atomic E-state index is -3.86. The molecule has 0 aliphatic rings. The van der Waals surface area contributed by atoms with Crippen LogP contribution in [0.5, 0.6) is 0 Å². The van der Waals surface area contributed by atoms with Crippen LogP contribution in [0.4, 0.5) is 15.8 Å². The SMILES string of the molecule is O=C(Nc1ccc(F)c(Cl)c1)c1ccccc1NS(=O)(=O)c1ccccc1. The molecule has 0 aliphatic heterocycles. The van der Waals surface area contributed by atoms with E-state index in [1.807, 2.05) is 0 Å². The third kappa shape index (κ3) is 4.45. The normalized spacial score (nSPS) is 11.0. The number of halogens is 2. The Morgan fingerprint density at radius 3 is 2.30 bits per heavy atom. The zero-order valence-electron chi connectivity index (χ0n) is 13.8. The molecule has 0 atom stereocenters. The van der Waals surface area contributed by atoms with E-state index in [0.29, 0.717) is 0 Å². The highest BCUT2D eigenvalue weighted by Gasteiger charge is 2.18. The molecule has 8 heteroatoms. The smallest absolute Gasteiger partial charge is 0.261 e. The Balaban J connectivity index is 1.87. The van der Waals surface area contributed by atoms with Gasteiger partial charge < -0.3 is 5.32 Å². The summed E-state index contributed by atoms with van der Waals surface area (Å²) < 4.78 is 40.7. The van der Waals surface area contributed by atoms with Gasteiger partial charge in [0.2, 0.25) is 0 Å². The summed E-state index contributed by atoms with van der Waals surface area (Å²) in [6, 6.07) is 17.7. The predicted octanol–water partition coefficient (Wildman–Crippen LogP) is 4.53. The van der Waals surface area contributed by atoms with Crippen molar-refractivity contribution in [2.75, 3.05) is 10.0 Å². The van der Waals surface area contributed by atoms with Gasteiger partial charge in [0.15, 0.2) is 0 Å². The Bertz CT molecular complexity index is 1090. The summed E-state index contributed by atoms with van der Waals surface area (Å²) in [5.74, 6) is -1.17. The monoisotopic (exact) mass is 404 g/mol. The molecular weight excluding hydrogens is 391 g/mol. The van der Waals surface area contributed by atoms with Crippen molar-refractivity contribution < 1.29 is 17.6 Å². The van der Waals surface area contributed by atoms with Gasteiger partial charge in [0, 0.05) is 5.69 Å². The standard InChI is InChI=1S/C19H14ClFN2O3S/c20-16-12-13(10-11-17(16)21)22-19(24)15-8-4-5-9-18(15)23-27(25,26)14-6-2-1-3-7-14/h1-12,23H,(H,22,24). The van der Waals surface area contributed by atoms with E-state index in [1.54, 1.807) is 30.3 Å². The summed E-state index contributed by atoms with van der Waals surface area (Å²) in [6.45, 7) is 0. The van der Waals surface area contributed by atoms with Gasteiger partial charge in [-0.1, -0.05) is 41.9 Å². The van der Waals surface area contributed by atoms with E-state index < -0.39 is 21.7 Å². The first-order valence-electron chi connectivity index (χ1n) is 7.80. The van der Waals surface area contributed by atoms with Crippen LogP contribution >= 0.6 is 11.6 Å². The highest BCUT2D eigenvalue weighted by molar-refractivity contribution is 7.92. The zero-order valence-corrected chi connectivity index (χ0v) is 15.4. The molecule has 0 heterocycles. The Morgan fingerprint density at radius 2 is 1.59 bits per heavy atom. The maximum Gasteiger partial charge on any atom is 0.261 e. The molecule has 0 saturated heterocycles. The molecule has 138 valence electrons. The number of carbonyl (C=O) groups is 1. The fraction of sp³-hybridized carbons (Fsp3) is 0. The van der Waals surface area contributed by atoms with E-state index in [2.05, 4.69) is 10.0 Å². The average molecular weight is 405 g/mol. The van der Waals surface area contributed by atoms with E-state index in [0.717, 1.165) is 6.07 Å². The summed E-state index contributed by atoms with van der Waals surface area (Å²) in [4.78, 5) is 12.6. The van der Waals surface area contributed by atoms with Crippen molar-refractivity contribution in [3.05, 3.63) is 89.2 Å². The van der Waals surface area contributed by atoms with Crippen molar-refractivity contribution in [1.29, 1.82) is 0 Å². The maximum atomic E-state index is 13.2. The molecular formula is C19H14ClFN2O3S. The van der Waals surface area contributed by atoms with Crippen molar-refractivity contribution in [3.63, 3.8) is 0 Å². The lowest BCUT2D eigenvalue weighted by Crippen LogP contribution is -2.18. The van der Waals surface area contributed by atoms with Crippen LogP contribution in [0.2, 0.25) is 5.02 Å². The maximum absolute atomic E-state index is 13.2. The number of amides is 1. The molecule has 0 spiro atoms. The van der Waals surface area contributed by atoms with Crippen LogP contribution in [-0.4, -0.2) is 14.3 Å². The first kappa shape index (κ1) is 18.9. The van der Waals surface area contributed by atoms with E-state index in [9.17, 15) is 17.6 Å². The van der Waals surface area contributed by atoms with Crippen molar-refractivity contribution in [2.24, 2.45) is 0 Å². The van der Waals surface area contributed by atoms with Crippen molar-refractivity contribution >= 4 is 38.9 Å². The minimum Gasteiger partial charge on any atom is -0.322 e. The number of benzene rings is 3. The number of anilines is 2. The molecule has 0 aliphatic carbocycles. The van der Waals surface area contributed by atoms with Gasteiger partial charge >= 0.3 is 0 Å². The average Bonchev–Trinajstić information content (AvgIpc) is 2.65. The summed E-state index contributed by atoms with van der Waals surface area (Å²) in [5.41, 5.74) is 0.511. The lowest BCUT2D eigenvalue weighted by Gasteiger charge is -2.13. The van der Waals surface area contributed by atoms with Gasteiger partial charge in [0.1, 0.15) is 5.82 Å². The second kappa shape index (κ2) is 7.77. The summed E-state index contributed by atoms with van der Waals surface area (Å²) in [7, 11) is -3.86. The molecule has 0 bridgehead atoms. The molecule has 5 nitrogen and oxygen atoms in total. The summed E-state index contributed by atoms with van der Waals surface area (Å²) in [5, 5.41) is 2.43. The summed E-state index contributed by atoms with van der Waals surface area (Å²) in [6.07, 6.45) is 0. The fourth-order valence-electron chi connectivity index (χ4n) is 2.35. The first-order chi connectivity index (χ1) is 12.9. The van der Waals surface area contributed by atoms with E-state index in [-0.39, 0.29) is 26.9 Å². The van der Waals surface area contributed by atoms with Gasteiger partial charge in [0.25, 0.3) is 15.9 Å². The van der Waals surface area contributed by atoms with Gasteiger partial charge in [0.05, 0.1) is 21.2 Å². The van der Waals surface area contributed by atoms with Crippen LogP contribution in [0, 0.1) is 5.82 Å². The number of para-hydroxylation sites is 1. The Morgan fingerprint density at radius 1 is 0.926 bits per heavy atom. The molecule has 0 radical (unpaired) electrons. The number of nitrogens with one attached hydrogen (secondary N) is 2. The Hall–Kier alpha value is -2.90. The highest BCUT2D eigenvalue weighted by atomic mass is 35.5. The first-order valence-corrected chi connectivity index (χ1v) is 9.66. The number of carbonyl (C=O) groups excluding carboxylic acids is 1. The third-order valence-electron chi connectivity index (χ3n) is 3.65. The van der Waals surface area contributed by atoms with Crippen LogP contribution in [-0.2, 0) is 10.0 Å². The summed E-state index contributed by atoms with van der Waals surface area (Å²) >= 11 is 5.71. The highest BCUT2D eigenvalue weighted by Crippen LogP contribution is 2.23. The molecule has 2 N–H and O–H groups in total. The lowest BCUT2D eigenvalue weighted by molar-refractivity contribution is 0.102. The second-order valence-corrected chi connectivity index (χ2v) is 7.64. The molecule has 0 saturated carbocycles. The quantitative estimate of drug-likeness (QED) is 0.655. The van der Waals surface area contributed by atoms with Crippen LogP contribution in [0.15, 0.2) is 77.7 Å². The van der Waals surface area contributed by atoms with Gasteiger partial charge in [-0.15, -0.1) is 0 Å². The van der Waals surface area contributed by atoms with Crippen LogP contribution < -0.4 is 10.0 Å². The van der Waals surface area contributed by atoms with Crippen molar-refractivity contribution in [1.82, 2.24) is 0 Å². The van der Waals surface area contributed by atoms with Crippen LogP contribution in [0.1, 0.15) is 10.4 Å². The zero-order chi connectivity index (χ0) is 19.4. The van der Waals surface area contributed by atoms with Crippen molar-refractivity contribution in [2.45, 2.75) is 4.90 Å². The van der Waals surface area contributed by atoms with E-state index >= 15 is 0 Å². The number of hydrogen-bond donors (Lipinski definition) is 2. The molecule has 3 rings (SSSR count). The van der Waals surface area contributed by atoms with Gasteiger partial charge in [-0.25, -0.2) is 12.8 Å². The van der Waals surface area contributed by atoms with Gasteiger partial charge in [-0.05, 0) is 42.5 Å². The van der Waals surface area contributed by atoms with E-state index in [4.69, 9.17) is 11.6 Å². The lowest BCUT2D eigenvalue weighted by atomic mass is 10.1. The molecule has 3 aromatic carbocycles. The van der Waals surface area contributed by atoms with Gasteiger partial charge in [-0.3, -0.25) is 9.52 Å². The molecule has 0 unspecified atom stereocenters. The Labute approximate surface area is 160 Å². The number of sulfonamides is 1. The molecule has 1 amide bonds. The molecule has 0 aromatic heterocycles. The number of hydrogen-bond acceptors (Lipinski definition) is 3. The molecule has 0 fully saturated rings. The topological polar surface area (TPSA) is 75.3 Å². The second-order valence-electron chi connectivity index (χ2n) is 5.55. The van der Waals surface area contributed by atoms with Gasteiger partial charge in [-0.2, -0.15) is 0 Å². The van der Waals surface area contributed by atoms with Crippen LogP contribution in [0.3, 0.4) is 0 Å². The van der Waals surface area contributed by atoms with Crippen LogP contribution in [0.25, 0.3) is 0 Å². The fourth-order valence-corrected chi connectivity index (χ4v) is 3.63. The third-order valence-corrected chi connectivity index (χ3v) is 5.32. The minimum absolute atomic E-state index is 0.0746.